The second-order valence-electron chi connectivity index (χ2n) is 3.04. The first kappa shape index (κ1) is 10.3. The van der Waals surface area contributed by atoms with Gasteiger partial charge in [0.2, 0.25) is 0 Å². The predicted octanol–water partition coefficient (Wildman–Crippen LogP) is 2.27. The lowest BCUT2D eigenvalue weighted by atomic mass is 10.3. The van der Waals surface area contributed by atoms with Crippen molar-refractivity contribution in [1.82, 2.24) is 9.38 Å². The van der Waals surface area contributed by atoms with Crippen LogP contribution < -0.4 is 0 Å². The zero-order chi connectivity index (χ0) is 11.0. The largest absolute Gasteiger partial charge is 0.481 e. The quantitative estimate of drug-likeness (QED) is 0.882. The van der Waals surface area contributed by atoms with Crippen LogP contribution in [0.4, 0.5) is 0 Å². The Morgan fingerprint density at radius 2 is 2.20 bits per heavy atom. The minimum absolute atomic E-state index is 0.129. The summed E-state index contributed by atoms with van der Waals surface area (Å²) in [7, 11) is 0. The monoisotopic (exact) mass is 244 g/mol. The van der Waals surface area contributed by atoms with Crippen molar-refractivity contribution in [2.45, 2.75) is 6.42 Å². The minimum Gasteiger partial charge on any atom is -0.481 e. The van der Waals surface area contributed by atoms with Crippen LogP contribution in [0.2, 0.25) is 10.0 Å². The molecule has 2 aromatic heterocycles. The fourth-order valence-electron chi connectivity index (χ4n) is 1.32. The Balaban J connectivity index is 2.55. The zero-order valence-electron chi connectivity index (χ0n) is 7.44. The summed E-state index contributed by atoms with van der Waals surface area (Å²) < 4.78 is 1.61. The van der Waals surface area contributed by atoms with Gasteiger partial charge >= 0.3 is 5.97 Å². The van der Waals surface area contributed by atoms with E-state index < -0.39 is 5.97 Å². The number of aliphatic carboxylic acids is 1. The molecule has 15 heavy (non-hydrogen) atoms. The van der Waals surface area contributed by atoms with Crippen molar-refractivity contribution in [1.29, 1.82) is 0 Å². The molecular formula is C9H6Cl2N2O2. The summed E-state index contributed by atoms with van der Waals surface area (Å²) in [6, 6.07) is 1.57. The zero-order valence-corrected chi connectivity index (χ0v) is 8.96. The highest BCUT2D eigenvalue weighted by Crippen LogP contribution is 2.21. The highest BCUT2D eigenvalue weighted by molar-refractivity contribution is 6.36. The van der Waals surface area contributed by atoms with E-state index in [1.54, 1.807) is 22.9 Å². The third kappa shape index (κ3) is 2.06. The molecule has 1 N–H and O–H groups in total. The fraction of sp³-hybridized carbons (Fsp3) is 0.111. The Morgan fingerprint density at radius 3 is 2.87 bits per heavy atom. The average Bonchev–Trinajstić information content (AvgIpc) is 2.45. The van der Waals surface area contributed by atoms with Gasteiger partial charge < -0.3 is 9.51 Å². The molecular weight excluding hydrogens is 239 g/mol. The summed E-state index contributed by atoms with van der Waals surface area (Å²) in [5.41, 5.74) is 0.962. The van der Waals surface area contributed by atoms with Crippen molar-refractivity contribution in [3.05, 3.63) is 34.2 Å². The topological polar surface area (TPSA) is 54.6 Å². The maximum Gasteiger partial charge on any atom is 0.309 e. The predicted molar refractivity (Wildman–Crippen MR) is 56.6 cm³/mol. The third-order valence-corrected chi connectivity index (χ3v) is 2.34. The van der Waals surface area contributed by atoms with Crippen LogP contribution >= 0.6 is 23.2 Å². The lowest BCUT2D eigenvalue weighted by Gasteiger charge is -1.95. The second kappa shape index (κ2) is 3.72. The number of carboxylic acid groups (broad SMARTS) is 1. The number of fused-ring (bicyclic) bond motifs is 1. The van der Waals surface area contributed by atoms with Crippen LogP contribution in [-0.4, -0.2) is 20.5 Å². The molecule has 0 radical (unpaired) electrons. The Kier molecular flexibility index (Phi) is 2.54. The molecule has 0 unspecified atom stereocenters. The van der Waals surface area contributed by atoms with Gasteiger partial charge in [0.25, 0.3) is 0 Å². The van der Waals surface area contributed by atoms with Crippen molar-refractivity contribution in [2.24, 2.45) is 0 Å². The van der Waals surface area contributed by atoms with Crippen LogP contribution in [0.5, 0.6) is 0 Å². The fourth-order valence-corrected chi connectivity index (χ4v) is 1.84. The molecule has 0 saturated heterocycles. The number of hydrogen-bond donors (Lipinski definition) is 1. The maximum absolute atomic E-state index is 10.5. The number of carboxylic acids is 1. The van der Waals surface area contributed by atoms with Crippen molar-refractivity contribution in [3.63, 3.8) is 0 Å². The van der Waals surface area contributed by atoms with Gasteiger partial charge in [0.1, 0.15) is 0 Å². The van der Waals surface area contributed by atoms with Gasteiger partial charge in [-0.2, -0.15) is 0 Å². The van der Waals surface area contributed by atoms with Crippen LogP contribution in [-0.2, 0) is 11.2 Å². The molecule has 78 valence electrons. The van der Waals surface area contributed by atoms with Crippen LogP contribution in [0.3, 0.4) is 0 Å². The minimum atomic E-state index is -0.930. The molecule has 6 heteroatoms. The van der Waals surface area contributed by atoms with E-state index in [1.165, 1.54) is 0 Å². The van der Waals surface area contributed by atoms with Gasteiger partial charge in [-0.15, -0.1) is 0 Å². The second-order valence-corrected chi connectivity index (χ2v) is 3.88. The molecule has 0 bridgehead atoms. The average molecular weight is 245 g/mol. The van der Waals surface area contributed by atoms with Gasteiger partial charge in [0.15, 0.2) is 5.65 Å². The Labute approximate surface area is 95.1 Å². The standard InChI is InChI=1S/C9H6Cl2N2O2/c10-5-1-7(11)9-12-6(2-8(14)15)4-13(9)3-5/h1,3-4H,2H2,(H,14,15). The van der Waals surface area contributed by atoms with Crippen LogP contribution in [0.1, 0.15) is 5.69 Å². The van der Waals surface area contributed by atoms with Gasteiger partial charge in [-0.3, -0.25) is 4.79 Å². The number of aromatic nitrogens is 2. The molecule has 2 aromatic rings. The van der Waals surface area contributed by atoms with Gasteiger partial charge in [-0.1, -0.05) is 23.2 Å². The smallest absolute Gasteiger partial charge is 0.309 e. The van der Waals surface area contributed by atoms with Crippen molar-refractivity contribution in [2.75, 3.05) is 0 Å². The summed E-state index contributed by atoms with van der Waals surface area (Å²) in [6.45, 7) is 0. The number of carbonyl (C=O) groups is 1. The van der Waals surface area contributed by atoms with Crippen LogP contribution in [0.15, 0.2) is 18.5 Å². The first-order valence-corrected chi connectivity index (χ1v) is 4.86. The van der Waals surface area contributed by atoms with Gasteiger partial charge in [0, 0.05) is 12.4 Å². The highest BCUT2D eigenvalue weighted by atomic mass is 35.5. The van der Waals surface area contributed by atoms with E-state index in [0.29, 0.717) is 21.4 Å². The molecule has 0 amide bonds. The summed E-state index contributed by atoms with van der Waals surface area (Å²) >= 11 is 11.7. The normalized spacial score (nSPS) is 10.8. The summed E-state index contributed by atoms with van der Waals surface area (Å²) in [5.74, 6) is -0.930. The molecule has 0 spiro atoms. The summed E-state index contributed by atoms with van der Waals surface area (Å²) in [5, 5.41) is 9.49. The van der Waals surface area contributed by atoms with Crippen molar-refractivity contribution < 1.29 is 9.90 Å². The molecule has 0 aliphatic rings. The SMILES string of the molecule is O=C(O)Cc1cn2cc(Cl)cc(Cl)c2n1. The van der Waals surface area contributed by atoms with Crippen LogP contribution in [0, 0.1) is 0 Å². The van der Waals surface area contributed by atoms with E-state index in [2.05, 4.69) is 4.98 Å². The van der Waals surface area contributed by atoms with E-state index in [0.717, 1.165) is 0 Å². The van der Waals surface area contributed by atoms with Gasteiger partial charge in [-0.25, -0.2) is 4.98 Å². The molecule has 0 fully saturated rings. The number of nitrogens with zero attached hydrogens (tertiary/aromatic N) is 2. The maximum atomic E-state index is 10.5. The first-order chi connectivity index (χ1) is 7.06. The number of halogens is 2. The molecule has 0 aliphatic carbocycles. The number of hydrogen-bond acceptors (Lipinski definition) is 2. The Hall–Kier alpha value is -1.26. The summed E-state index contributed by atoms with van der Waals surface area (Å²) in [4.78, 5) is 14.6. The molecule has 0 aliphatic heterocycles. The third-order valence-electron chi connectivity index (χ3n) is 1.86. The van der Waals surface area contributed by atoms with E-state index in [4.69, 9.17) is 28.3 Å². The number of pyridine rings is 1. The van der Waals surface area contributed by atoms with E-state index >= 15 is 0 Å². The summed E-state index contributed by atoms with van der Waals surface area (Å²) in [6.07, 6.45) is 3.10. The molecule has 4 nitrogen and oxygen atoms in total. The van der Waals surface area contributed by atoms with E-state index in [-0.39, 0.29) is 6.42 Å². The van der Waals surface area contributed by atoms with E-state index in [1.807, 2.05) is 0 Å². The molecule has 0 atom stereocenters. The highest BCUT2D eigenvalue weighted by Gasteiger charge is 2.09. The number of rotatable bonds is 2. The van der Waals surface area contributed by atoms with Crippen LogP contribution in [0.25, 0.3) is 5.65 Å². The molecule has 0 aromatic carbocycles. The molecule has 2 heterocycles. The Morgan fingerprint density at radius 1 is 1.47 bits per heavy atom. The Bertz CT molecular complexity index is 536. The van der Waals surface area contributed by atoms with E-state index in [9.17, 15) is 4.79 Å². The first-order valence-electron chi connectivity index (χ1n) is 4.10. The van der Waals surface area contributed by atoms with Crippen molar-refractivity contribution >= 4 is 34.8 Å². The molecule has 0 saturated carbocycles. The molecule has 2 rings (SSSR count). The lowest BCUT2D eigenvalue weighted by molar-refractivity contribution is -0.136. The number of imidazole rings is 1. The lowest BCUT2D eigenvalue weighted by Crippen LogP contribution is -1.99. The van der Waals surface area contributed by atoms with Gasteiger partial charge in [0.05, 0.1) is 22.2 Å². The van der Waals surface area contributed by atoms with Crippen molar-refractivity contribution in [3.8, 4) is 0 Å². The van der Waals surface area contributed by atoms with Gasteiger partial charge in [-0.05, 0) is 6.07 Å².